The largest absolute Gasteiger partial charge is 0.493 e. The van der Waals surface area contributed by atoms with E-state index >= 15 is 0 Å². The van der Waals surface area contributed by atoms with Crippen LogP contribution in [0.25, 0.3) is 10.9 Å². The number of nitrogens with zero attached hydrogens (tertiary/aromatic N) is 4. The Hall–Kier alpha value is -4.54. The maximum absolute atomic E-state index is 12.2. The van der Waals surface area contributed by atoms with Crippen LogP contribution in [0.2, 0.25) is 0 Å². The molecule has 36 heavy (non-hydrogen) atoms. The number of rotatable bonds is 8. The maximum atomic E-state index is 12.2. The first kappa shape index (κ1) is 23.2. The Morgan fingerprint density at radius 3 is 2.56 bits per heavy atom. The summed E-state index contributed by atoms with van der Waals surface area (Å²) in [5.74, 6) is 1.89. The summed E-state index contributed by atoms with van der Waals surface area (Å²) in [5, 5.41) is 16.4. The van der Waals surface area contributed by atoms with Crippen molar-refractivity contribution in [2.24, 2.45) is 0 Å². The average molecular weight is 491 g/mol. The number of H-pyrrole nitrogens is 1. The Morgan fingerprint density at radius 1 is 1.11 bits per heavy atom. The summed E-state index contributed by atoms with van der Waals surface area (Å²) in [6.45, 7) is 1.35. The number of ether oxygens (including phenoxy) is 3. The molecule has 0 unspecified atom stereocenters. The molecule has 5 rings (SSSR count). The highest BCUT2D eigenvalue weighted by molar-refractivity contribution is 5.85. The van der Waals surface area contributed by atoms with Crippen LogP contribution in [0, 0.1) is 10.1 Å². The van der Waals surface area contributed by atoms with Crippen LogP contribution < -0.4 is 24.4 Å². The SMILES string of the molecule is COc1cc(CNc2ncnc(N3CCc4c([nH]c5ccccc45)C3)c2[N+](=O)[O-])cc(OC)c1OC. The Balaban J connectivity index is 1.43. The van der Waals surface area contributed by atoms with Crippen LogP contribution in [0.5, 0.6) is 17.2 Å². The van der Waals surface area contributed by atoms with E-state index in [-0.39, 0.29) is 23.9 Å². The van der Waals surface area contributed by atoms with Gasteiger partial charge in [-0.2, -0.15) is 0 Å². The Labute approximate surface area is 207 Å². The third kappa shape index (κ3) is 4.08. The van der Waals surface area contributed by atoms with Crippen molar-refractivity contribution < 1.29 is 19.1 Å². The number of methoxy groups -OCH3 is 3. The predicted octanol–water partition coefficient (Wildman–Crippen LogP) is 4.07. The summed E-state index contributed by atoms with van der Waals surface area (Å²) < 4.78 is 16.2. The zero-order chi connectivity index (χ0) is 25.2. The molecule has 0 radical (unpaired) electrons. The van der Waals surface area contributed by atoms with Gasteiger partial charge in [-0.1, -0.05) is 18.2 Å². The molecule has 0 aliphatic carbocycles. The highest BCUT2D eigenvalue weighted by Gasteiger charge is 2.30. The lowest BCUT2D eigenvalue weighted by molar-refractivity contribution is -0.383. The Bertz CT molecular complexity index is 1410. The number of aromatic nitrogens is 3. The average Bonchev–Trinajstić information content (AvgIpc) is 3.28. The quantitative estimate of drug-likeness (QED) is 0.277. The van der Waals surface area contributed by atoms with Crippen molar-refractivity contribution >= 4 is 28.2 Å². The summed E-state index contributed by atoms with van der Waals surface area (Å²) in [7, 11) is 4.60. The van der Waals surface area contributed by atoms with E-state index in [4.69, 9.17) is 14.2 Å². The lowest BCUT2D eigenvalue weighted by atomic mass is 10.0. The second-order valence-corrected chi connectivity index (χ2v) is 8.34. The summed E-state index contributed by atoms with van der Waals surface area (Å²) in [6.07, 6.45) is 2.11. The van der Waals surface area contributed by atoms with E-state index in [1.165, 1.54) is 38.6 Å². The van der Waals surface area contributed by atoms with E-state index in [1.54, 1.807) is 12.1 Å². The fourth-order valence-corrected chi connectivity index (χ4v) is 4.70. The van der Waals surface area contributed by atoms with E-state index in [0.717, 1.165) is 23.2 Å². The normalized spacial score (nSPS) is 12.8. The number of anilines is 2. The van der Waals surface area contributed by atoms with Gasteiger partial charge in [0.05, 0.1) is 32.8 Å². The van der Waals surface area contributed by atoms with E-state index in [1.807, 2.05) is 23.1 Å². The molecular formula is C25H26N6O5. The number of hydrogen-bond acceptors (Lipinski definition) is 9. The monoisotopic (exact) mass is 490 g/mol. The van der Waals surface area contributed by atoms with Crippen LogP contribution >= 0.6 is 0 Å². The van der Waals surface area contributed by atoms with Gasteiger partial charge in [0.2, 0.25) is 17.4 Å². The standard InChI is InChI=1S/C25H26N6O5/c1-34-20-10-15(11-21(35-2)23(20)36-3)12-26-24-22(31(32)33)25(28-14-27-24)30-9-8-17-16-6-4-5-7-18(16)29-19(17)13-30/h4-7,10-11,14,29H,8-9,12-13H2,1-3H3,(H,26,27,28). The molecule has 1 aliphatic rings. The van der Waals surface area contributed by atoms with Crippen molar-refractivity contribution in [2.75, 3.05) is 38.1 Å². The van der Waals surface area contributed by atoms with Crippen molar-refractivity contribution in [3.05, 3.63) is 69.7 Å². The molecule has 0 spiro atoms. The first-order chi connectivity index (χ1) is 17.5. The number of benzene rings is 2. The topological polar surface area (TPSA) is 128 Å². The number of fused-ring (bicyclic) bond motifs is 3. The molecule has 0 fully saturated rings. The van der Waals surface area contributed by atoms with Crippen LogP contribution in [0.4, 0.5) is 17.3 Å². The van der Waals surface area contributed by atoms with E-state index in [2.05, 4.69) is 26.3 Å². The van der Waals surface area contributed by atoms with Gasteiger partial charge in [-0.3, -0.25) is 10.1 Å². The van der Waals surface area contributed by atoms with Crippen LogP contribution in [-0.2, 0) is 19.5 Å². The van der Waals surface area contributed by atoms with E-state index in [9.17, 15) is 10.1 Å². The molecule has 2 aromatic heterocycles. The van der Waals surface area contributed by atoms with E-state index < -0.39 is 4.92 Å². The van der Waals surface area contributed by atoms with Gasteiger partial charge in [-0.05, 0) is 35.7 Å². The Kier molecular flexibility index (Phi) is 6.19. The fourth-order valence-electron chi connectivity index (χ4n) is 4.70. The number of hydrogen-bond donors (Lipinski definition) is 2. The van der Waals surface area contributed by atoms with Gasteiger partial charge in [0.1, 0.15) is 6.33 Å². The lowest BCUT2D eigenvalue weighted by Gasteiger charge is -2.28. The molecular weight excluding hydrogens is 464 g/mol. The summed E-state index contributed by atoms with van der Waals surface area (Å²) in [5.41, 5.74) is 3.97. The second-order valence-electron chi connectivity index (χ2n) is 8.34. The first-order valence-electron chi connectivity index (χ1n) is 11.4. The molecule has 186 valence electrons. The minimum absolute atomic E-state index is 0.140. The molecule has 0 saturated carbocycles. The molecule has 11 nitrogen and oxygen atoms in total. The molecule has 3 heterocycles. The van der Waals surface area contributed by atoms with Crippen LogP contribution in [0.1, 0.15) is 16.8 Å². The van der Waals surface area contributed by atoms with Crippen LogP contribution in [-0.4, -0.2) is 47.7 Å². The Morgan fingerprint density at radius 2 is 1.86 bits per heavy atom. The fraction of sp³-hybridized carbons (Fsp3) is 0.280. The smallest absolute Gasteiger partial charge is 0.353 e. The minimum Gasteiger partial charge on any atom is -0.493 e. The molecule has 0 amide bonds. The van der Waals surface area contributed by atoms with Crippen molar-refractivity contribution in [1.82, 2.24) is 15.0 Å². The number of para-hydroxylation sites is 1. The van der Waals surface area contributed by atoms with Crippen LogP contribution in [0.15, 0.2) is 42.7 Å². The van der Waals surface area contributed by atoms with Gasteiger partial charge in [-0.15, -0.1) is 0 Å². The van der Waals surface area contributed by atoms with E-state index in [0.29, 0.717) is 30.3 Å². The van der Waals surface area contributed by atoms with Gasteiger partial charge >= 0.3 is 5.69 Å². The first-order valence-corrected chi connectivity index (χ1v) is 11.4. The highest BCUT2D eigenvalue weighted by Crippen LogP contribution is 2.39. The van der Waals surface area contributed by atoms with Crippen molar-refractivity contribution in [2.45, 2.75) is 19.5 Å². The van der Waals surface area contributed by atoms with Crippen molar-refractivity contribution in [3.63, 3.8) is 0 Å². The minimum atomic E-state index is -0.437. The van der Waals surface area contributed by atoms with Crippen molar-refractivity contribution in [3.8, 4) is 17.2 Å². The van der Waals surface area contributed by atoms with Gasteiger partial charge in [0.25, 0.3) is 0 Å². The molecule has 2 N–H and O–H groups in total. The lowest BCUT2D eigenvalue weighted by Crippen LogP contribution is -2.31. The number of nitro groups is 1. The molecule has 0 atom stereocenters. The summed E-state index contributed by atoms with van der Waals surface area (Å²) in [4.78, 5) is 25.6. The molecule has 2 aromatic carbocycles. The molecule has 1 aliphatic heterocycles. The highest BCUT2D eigenvalue weighted by atomic mass is 16.6. The summed E-state index contributed by atoms with van der Waals surface area (Å²) >= 11 is 0. The second kappa shape index (κ2) is 9.61. The summed E-state index contributed by atoms with van der Waals surface area (Å²) in [6, 6.07) is 11.7. The van der Waals surface area contributed by atoms with Gasteiger partial charge in [-0.25, -0.2) is 9.97 Å². The number of nitrogens with one attached hydrogen (secondary N) is 2. The zero-order valence-corrected chi connectivity index (χ0v) is 20.2. The zero-order valence-electron chi connectivity index (χ0n) is 20.2. The van der Waals surface area contributed by atoms with Gasteiger partial charge in [0.15, 0.2) is 11.5 Å². The molecule has 0 saturated heterocycles. The third-order valence-electron chi connectivity index (χ3n) is 6.35. The van der Waals surface area contributed by atoms with Crippen LogP contribution in [0.3, 0.4) is 0 Å². The number of aromatic amines is 1. The third-order valence-corrected chi connectivity index (χ3v) is 6.35. The maximum Gasteiger partial charge on any atom is 0.353 e. The van der Waals surface area contributed by atoms with Gasteiger partial charge in [0, 0.05) is 29.7 Å². The van der Waals surface area contributed by atoms with Gasteiger partial charge < -0.3 is 29.4 Å². The predicted molar refractivity (Wildman–Crippen MR) is 135 cm³/mol. The van der Waals surface area contributed by atoms with Crippen molar-refractivity contribution in [1.29, 1.82) is 0 Å². The molecule has 0 bridgehead atoms. The molecule has 4 aromatic rings. The molecule has 11 heteroatoms.